The average Bonchev–Trinajstić information content (AvgIpc) is 3.28. The van der Waals surface area contributed by atoms with Crippen LogP contribution in [0.1, 0.15) is 25.7 Å². The van der Waals surface area contributed by atoms with E-state index >= 15 is 0 Å². The molecule has 3 aliphatic rings. The number of aliphatic hydroxyl groups excluding tert-OH is 1. The zero-order valence-corrected chi connectivity index (χ0v) is 12.0. The predicted molar refractivity (Wildman–Crippen MR) is 73.8 cm³/mol. The highest BCUT2D eigenvalue weighted by atomic mass is 16.6. The fraction of sp³-hybridized carbons (Fsp3) is 0.733. The number of carbonyl (C=O) groups is 2. The summed E-state index contributed by atoms with van der Waals surface area (Å²) >= 11 is 0. The summed E-state index contributed by atoms with van der Waals surface area (Å²) in [6, 6.07) is 0. The molecule has 0 spiro atoms. The third-order valence-corrected chi connectivity index (χ3v) is 4.26. The quantitative estimate of drug-likeness (QED) is 0.350. The summed E-state index contributed by atoms with van der Waals surface area (Å²) in [4.78, 5) is 26.2. The van der Waals surface area contributed by atoms with Crippen molar-refractivity contribution in [2.24, 2.45) is 5.92 Å². The third-order valence-electron chi connectivity index (χ3n) is 4.26. The summed E-state index contributed by atoms with van der Waals surface area (Å²) in [6.45, 7) is 4.19. The van der Waals surface area contributed by atoms with Gasteiger partial charge in [-0.3, -0.25) is 9.69 Å². The molecular formula is C15H21NO5. The van der Waals surface area contributed by atoms with Crippen LogP contribution in [-0.4, -0.2) is 60.7 Å². The van der Waals surface area contributed by atoms with Crippen molar-refractivity contribution in [1.82, 2.24) is 4.90 Å². The zero-order chi connectivity index (χ0) is 14.8. The number of Topliss-reactive ketones (excluding diaryl/α,β-unsaturated/α-hetero) is 1. The maximum Gasteiger partial charge on any atom is 0.346 e. The highest BCUT2D eigenvalue weighted by Gasteiger charge is 2.43. The molecule has 0 aromatic heterocycles. The molecule has 2 aliphatic heterocycles. The number of morpholine rings is 1. The molecule has 3 rings (SSSR count). The van der Waals surface area contributed by atoms with E-state index in [1.54, 1.807) is 0 Å². The molecule has 1 saturated carbocycles. The molecule has 1 N–H and O–H groups in total. The first-order chi connectivity index (χ1) is 10.2. The Labute approximate surface area is 123 Å². The molecule has 2 saturated heterocycles. The number of carbonyl (C=O) groups excluding carboxylic acids is 2. The number of nitrogens with zero attached hydrogens (tertiary/aromatic N) is 1. The SMILES string of the molecule is O=C1OC(CCCN2CCOCC2)C(=O)C1=C(O)C1CC1. The third kappa shape index (κ3) is 3.27. The summed E-state index contributed by atoms with van der Waals surface area (Å²) in [5.41, 5.74) is -0.103. The number of ketones is 1. The number of allylic oxidation sites excluding steroid dienone is 1. The molecule has 0 aromatic rings. The predicted octanol–water partition coefficient (Wildman–Crippen LogP) is 0.815. The molecule has 21 heavy (non-hydrogen) atoms. The Kier molecular flexibility index (Phi) is 4.26. The lowest BCUT2D eigenvalue weighted by molar-refractivity contribution is -0.141. The summed E-state index contributed by atoms with van der Waals surface area (Å²) in [7, 11) is 0. The summed E-state index contributed by atoms with van der Waals surface area (Å²) in [5, 5.41) is 9.91. The molecule has 0 aromatic carbocycles. The number of ether oxygens (including phenoxy) is 2. The second-order valence-electron chi connectivity index (χ2n) is 5.89. The van der Waals surface area contributed by atoms with Crippen molar-refractivity contribution in [2.75, 3.05) is 32.8 Å². The topological polar surface area (TPSA) is 76.1 Å². The van der Waals surface area contributed by atoms with Gasteiger partial charge in [-0.2, -0.15) is 0 Å². The van der Waals surface area contributed by atoms with E-state index in [1.807, 2.05) is 0 Å². The van der Waals surface area contributed by atoms with Crippen LogP contribution in [0.5, 0.6) is 0 Å². The van der Waals surface area contributed by atoms with E-state index in [1.165, 1.54) is 0 Å². The Bertz CT molecular complexity index is 463. The molecule has 0 radical (unpaired) electrons. The first-order valence-corrected chi connectivity index (χ1v) is 7.65. The maximum atomic E-state index is 12.2. The lowest BCUT2D eigenvalue weighted by Gasteiger charge is -2.26. The van der Waals surface area contributed by atoms with Gasteiger partial charge in [0, 0.05) is 19.0 Å². The molecule has 0 bridgehead atoms. The van der Waals surface area contributed by atoms with Gasteiger partial charge in [0.25, 0.3) is 0 Å². The number of hydrogen-bond acceptors (Lipinski definition) is 6. The largest absolute Gasteiger partial charge is 0.511 e. The van der Waals surface area contributed by atoms with Gasteiger partial charge < -0.3 is 14.6 Å². The molecule has 0 amide bonds. The minimum Gasteiger partial charge on any atom is -0.511 e. The van der Waals surface area contributed by atoms with Crippen LogP contribution in [0, 0.1) is 5.92 Å². The molecule has 1 aliphatic carbocycles. The van der Waals surface area contributed by atoms with Crippen LogP contribution in [0.4, 0.5) is 0 Å². The lowest BCUT2D eigenvalue weighted by atomic mass is 10.0. The Balaban J connectivity index is 1.51. The number of cyclic esters (lactones) is 1. The van der Waals surface area contributed by atoms with Crippen molar-refractivity contribution in [3.05, 3.63) is 11.3 Å². The second kappa shape index (κ2) is 6.15. The number of hydrogen-bond donors (Lipinski definition) is 1. The maximum absolute atomic E-state index is 12.2. The van der Waals surface area contributed by atoms with Gasteiger partial charge in [-0.1, -0.05) is 0 Å². The van der Waals surface area contributed by atoms with E-state index in [0.717, 1.165) is 52.1 Å². The van der Waals surface area contributed by atoms with Crippen molar-refractivity contribution in [2.45, 2.75) is 31.8 Å². The Hall–Kier alpha value is -1.40. The summed E-state index contributed by atoms with van der Waals surface area (Å²) in [5.74, 6) is -1.06. The monoisotopic (exact) mass is 295 g/mol. The molecule has 3 fully saturated rings. The summed E-state index contributed by atoms with van der Waals surface area (Å²) < 4.78 is 10.4. The zero-order valence-electron chi connectivity index (χ0n) is 12.0. The molecule has 1 unspecified atom stereocenters. The van der Waals surface area contributed by atoms with Gasteiger partial charge in [0.1, 0.15) is 11.3 Å². The van der Waals surface area contributed by atoms with Crippen LogP contribution in [0.15, 0.2) is 11.3 Å². The van der Waals surface area contributed by atoms with E-state index in [-0.39, 0.29) is 23.0 Å². The second-order valence-corrected chi connectivity index (χ2v) is 5.89. The molecule has 6 heteroatoms. The van der Waals surface area contributed by atoms with Crippen molar-refractivity contribution in [3.63, 3.8) is 0 Å². The van der Waals surface area contributed by atoms with Crippen LogP contribution >= 0.6 is 0 Å². The fourth-order valence-electron chi connectivity index (χ4n) is 2.81. The Morgan fingerprint density at radius 3 is 2.62 bits per heavy atom. The van der Waals surface area contributed by atoms with Crippen LogP contribution in [0.2, 0.25) is 0 Å². The van der Waals surface area contributed by atoms with Crippen LogP contribution < -0.4 is 0 Å². The highest BCUT2D eigenvalue weighted by molar-refractivity contribution is 6.23. The molecule has 1 atom stereocenters. The highest BCUT2D eigenvalue weighted by Crippen LogP contribution is 2.38. The van der Waals surface area contributed by atoms with Crippen LogP contribution in [-0.2, 0) is 19.1 Å². The summed E-state index contributed by atoms with van der Waals surface area (Å²) in [6.07, 6.45) is 2.29. The van der Waals surface area contributed by atoms with Gasteiger partial charge in [-0.05, 0) is 32.2 Å². The van der Waals surface area contributed by atoms with Gasteiger partial charge >= 0.3 is 5.97 Å². The van der Waals surface area contributed by atoms with Gasteiger partial charge in [-0.25, -0.2) is 4.79 Å². The number of aliphatic hydroxyl groups is 1. The van der Waals surface area contributed by atoms with Gasteiger partial charge in [0.15, 0.2) is 6.10 Å². The van der Waals surface area contributed by atoms with E-state index in [4.69, 9.17) is 9.47 Å². The Morgan fingerprint density at radius 2 is 1.95 bits per heavy atom. The first-order valence-electron chi connectivity index (χ1n) is 7.65. The van der Waals surface area contributed by atoms with E-state index < -0.39 is 12.1 Å². The molecule has 116 valence electrons. The minimum absolute atomic E-state index is 0.0106. The minimum atomic E-state index is -0.713. The van der Waals surface area contributed by atoms with E-state index in [0.29, 0.717) is 6.42 Å². The molecular weight excluding hydrogens is 274 g/mol. The molecule has 2 heterocycles. The first kappa shape index (κ1) is 14.5. The Morgan fingerprint density at radius 1 is 1.24 bits per heavy atom. The van der Waals surface area contributed by atoms with Crippen molar-refractivity contribution >= 4 is 11.8 Å². The van der Waals surface area contributed by atoms with Crippen LogP contribution in [0.3, 0.4) is 0 Å². The van der Waals surface area contributed by atoms with Gasteiger partial charge in [-0.15, -0.1) is 0 Å². The van der Waals surface area contributed by atoms with Gasteiger partial charge in [0.05, 0.1) is 13.2 Å². The normalized spacial score (nSPS) is 29.6. The van der Waals surface area contributed by atoms with Crippen molar-refractivity contribution in [1.29, 1.82) is 0 Å². The average molecular weight is 295 g/mol. The lowest BCUT2D eigenvalue weighted by Crippen LogP contribution is -2.37. The standard InChI is InChI=1S/C15H21NO5/c17-13(10-3-4-10)12-14(18)11(21-15(12)19)2-1-5-16-6-8-20-9-7-16/h10-11,17H,1-9H2. The van der Waals surface area contributed by atoms with Crippen molar-refractivity contribution in [3.8, 4) is 0 Å². The fourth-order valence-corrected chi connectivity index (χ4v) is 2.81. The van der Waals surface area contributed by atoms with E-state index in [2.05, 4.69) is 4.90 Å². The van der Waals surface area contributed by atoms with E-state index in [9.17, 15) is 14.7 Å². The van der Waals surface area contributed by atoms with Crippen LogP contribution in [0.25, 0.3) is 0 Å². The number of rotatable bonds is 5. The molecule has 6 nitrogen and oxygen atoms in total. The smallest absolute Gasteiger partial charge is 0.346 e. The van der Waals surface area contributed by atoms with Crippen molar-refractivity contribution < 1.29 is 24.2 Å². The number of esters is 1. The van der Waals surface area contributed by atoms with Gasteiger partial charge in [0.2, 0.25) is 5.78 Å².